The molecule has 3 aromatic rings. The number of aromatic nitrogens is 2. The molecule has 1 aromatic heterocycles. The molecule has 0 bridgehead atoms. The van der Waals surface area contributed by atoms with Crippen LogP contribution in [0.2, 0.25) is 0 Å². The van der Waals surface area contributed by atoms with Gasteiger partial charge in [0.25, 0.3) is 0 Å². The molecule has 14 heteroatoms. The molecule has 1 heterocycles. The minimum absolute atomic E-state index is 0.245. The lowest BCUT2D eigenvalue weighted by molar-refractivity contribution is 0.582. The summed E-state index contributed by atoms with van der Waals surface area (Å²) in [7, 11) is -6.97. The predicted octanol–water partition coefficient (Wildman–Crippen LogP) is 3.37. The van der Waals surface area contributed by atoms with E-state index in [4.69, 9.17) is 0 Å². The number of hydrogen-bond acceptors (Lipinski definition) is 10. The van der Waals surface area contributed by atoms with Crippen molar-refractivity contribution in [3.8, 4) is 0 Å². The van der Waals surface area contributed by atoms with Gasteiger partial charge in [-0.2, -0.15) is 0 Å². The SMILES string of the molecule is O=S(=O)(NCCSCSc1nnc(SCCNS(=O)(=O)c2ccccc2)s1)c1ccccc1. The van der Waals surface area contributed by atoms with Gasteiger partial charge < -0.3 is 0 Å². The molecule has 0 radical (unpaired) electrons. The van der Waals surface area contributed by atoms with E-state index in [1.807, 2.05) is 0 Å². The van der Waals surface area contributed by atoms with Crippen molar-refractivity contribution >= 4 is 66.7 Å². The molecule has 3 rings (SSSR count). The predicted molar refractivity (Wildman–Crippen MR) is 137 cm³/mol. The number of benzene rings is 2. The normalized spacial score (nSPS) is 12.1. The Kier molecular flexibility index (Phi) is 10.5. The third-order valence-corrected chi connectivity index (χ3v) is 11.3. The highest BCUT2D eigenvalue weighted by molar-refractivity contribution is 8.16. The molecule has 0 spiro atoms. The molecular weight excluding hydrogens is 541 g/mol. The van der Waals surface area contributed by atoms with Gasteiger partial charge in [0.1, 0.15) is 0 Å². The van der Waals surface area contributed by atoms with E-state index < -0.39 is 20.0 Å². The number of nitrogens with one attached hydrogen (secondary N) is 2. The van der Waals surface area contributed by atoms with E-state index in [9.17, 15) is 16.8 Å². The average molecular weight is 563 g/mol. The van der Waals surface area contributed by atoms with Gasteiger partial charge in [-0.05, 0) is 24.3 Å². The Morgan fingerprint density at radius 3 is 1.73 bits per heavy atom. The molecule has 8 nitrogen and oxygen atoms in total. The number of sulfonamides is 2. The van der Waals surface area contributed by atoms with Gasteiger partial charge in [0.2, 0.25) is 20.0 Å². The maximum absolute atomic E-state index is 12.2. The molecule has 0 saturated heterocycles. The smallest absolute Gasteiger partial charge is 0.210 e. The summed E-state index contributed by atoms with van der Waals surface area (Å²) >= 11 is 6.05. The second-order valence-corrected chi connectivity index (χ2v) is 14.8. The van der Waals surface area contributed by atoms with Gasteiger partial charge in [-0.25, -0.2) is 26.3 Å². The molecule has 2 N–H and O–H groups in total. The summed E-state index contributed by atoms with van der Waals surface area (Å²) in [6, 6.07) is 16.5. The van der Waals surface area contributed by atoms with Gasteiger partial charge in [0.15, 0.2) is 8.68 Å². The molecule has 178 valence electrons. The van der Waals surface area contributed by atoms with E-state index in [2.05, 4.69) is 19.6 Å². The molecule has 0 aliphatic carbocycles. The second-order valence-electron chi connectivity index (χ2n) is 6.27. The van der Waals surface area contributed by atoms with Crippen LogP contribution in [0.5, 0.6) is 0 Å². The van der Waals surface area contributed by atoms with Crippen LogP contribution in [0.4, 0.5) is 0 Å². The standard InChI is InChI=1S/C19H22N4O4S6/c24-32(25,16-7-3-1-4-8-16)20-11-13-28-15-30-19-23-22-18(31-19)29-14-12-21-33(26,27)17-9-5-2-6-10-17/h1-10,20-21H,11-15H2. The molecule has 0 unspecified atom stereocenters. The third kappa shape index (κ3) is 8.87. The van der Waals surface area contributed by atoms with Crippen LogP contribution in [-0.4, -0.2) is 56.7 Å². The van der Waals surface area contributed by atoms with Crippen molar-refractivity contribution in [2.45, 2.75) is 18.5 Å². The van der Waals surface area contributed by atoms with Crippen LogP contribution >= 0.6 is 46.6 Å². The van der Waals surface area contributed by atoms with Crippen molar-refractivity contribution in [3.63, 3.8) is 0 Å². The van der Waals surface area contributed by atoms with E-state index in [0.29, 0.717) is 24.6 Å². The molecule has 33 heavy (non-hydrogen) atoms. The van der Waals surface area contributed by atoms with Gasteiger partial charge in [0.05, 0.1) is 9.79 Å². The highest BCUT2D eigenvalue weighted by Crippen LogP contribution is 2.30. The van der Waals surface area contributed by atoms with Crippen LogP contribution in [-0.2, 0) is 20.0 Å². The van der Waals surface area contributed by atoms with Gasteiger partial charge >= 0.3 is 0 Å². The molecule has 0 atom stereocenters. The first-order valence-corrected chi connectivity index (χ1v) is 16.5. The third-order valence-electron chi connectivity index (χ3n) is 3.92. The number of rotatable bonds is 14. The van der Waals surface area contributed by atoms with Gasteiger partial charge in [-0.1, -0.05) is 71.3 Å². The zero-order valence-corrected chi connectivity index (χ0v) is 22.2. The lowest BCUT2D eigenvalue weighted by Crippen LogP contribution is -2.26. The van der Waals surface area contributed by atoms with Crippen molar-refractivity contribution in [3.05, 3.63) is 60.7 Å². The van der Waals surface area contributed by atoms with Crippen LogP contribution < -0.4 is 9.44 Å². The van der Waals surface area contributed by atoms with E-state index in [1.54, 1.807) is 84.2 Å². The molecule has 0 aliphatic rings. The van der Waals surface area contributed by atoms with Gasteiger partial charge in [-0.15, -0.1) is 22.0 Å². The van der Waals surface area contributed by atoms with Crippen LogP contribution in [0.3, 0.4) is 0 Å². The number of nitrogens with zero attached hydrogens (tertiary/aromatic N) is 2. The van der Waals surface area contributed by atoms with E-state index >= 15 is 0 Å². The fraction of sp³-hybridized carbons (Fsp3) is 0.263. The minimum Gasteiger partial charge on any atom is -0.210 e. The number of hydrogen-bond donors (Lipinski definition) is 2. The highest BCUT2D eigenvalue weighted by atomic mass is 32.2. The molecule has 0 fully saturated rings. The minimum atomic E-state index is -3.50. The van der Waals surface area contributed by atoms with Crippen molar-refractivity contribution in [1.29, 1.82) is 0 Å². The first-order chi connectivity index (χ1) is 15.9. The maximum atomic E-state index is 12.2. The largest absolute Gasteiger partial charge is 0.240 e. The summed E-state index contributed by atoms with van der Waals surface area (Å²) in [6.45, 7) is 0.636. The average Bonchev–Trinajstić information content (AvgIpc) is 3.28. The summed E-state index contributed by atoms with van der Waals surface area (Å²) in [5.41, 5.74) is 0. The lowest BCUT2D eigenvalue weighted by Gasteiger charge is -2.06. The topological polar surface area (TPSA) is 118 Å². The quantitative estimate of drug-likeness (QED) is 0.173. The first kappa shape index (κ1) is 26.5. The van der Waals surface area contributed by atoms with Gasteiger partial charge in [-0.3, -0.25) is 0 Å². The zero-order chi connectivity index (χ0) is 23.6. The molecular formula is C19H22N4O4S6. The maximum Gasteiger partial charge on any atom is 0.240 e. The zero-order valence-electron chi connectivity index (χ0n) is 17.3. The fourth-order valence-electron chi connectivity index (χ4n) is 2.39. The monoisotopic (exact) mass is 562 g/mol. The Morgan fingerprint density at radius 1 is 0.697 bits per heavy atom. The van der Waals surface area contributed by atoms with E-state index in [-0.39, 0.29) is 9.79 Å². The summed E-state index contributed by atoms with van der Waals surface area (Å²) in [5, 5.41) is 8.98. The summed E-state index contributed by atoms with van der Waals surface area (Å²) < 4.78 is 55.4. The number of thioether (sulfide) groups is 3. The Bertz CT molecular complexity index is 1210. The van der Waals surface area contributed by atoms with E-state index in [1.165, 1.54) is 23.1 Å². The Balaban J connectivity index is 1.29. The van der Waals surface area contributed by atoms with Crippen LogP contribution in [0.1, 0.15) is 0 Å². The van der Waals surface area contributed by atoms with Crippen molar-refractivity contribution in [2.24, 2.45) is 0 Å². The Morgan fingerprint density at radius 2 is 1.18 bits per heavy atom. The van der Waals surface area contributed by atoms with Gasteiger partial charge in [0, 0.05) is 29.7 Å². The van der Waals surface area contributed by atoms with Crippen molar-refractivity contribution < 1.29 is 16.8 Å². The summed E-state index contributed by atoms with van der Waals surface area (Å²) in [4.78, 5) is 0.506. The fourth-order valence-corrected chi connectivity index (χ4v) is 8.89. The molecule has 2 aromatic carbocycles. The van der Waals surface area contributed by atoms with Crippen LogP contribution in [0.15, 0.2) is 79.1 Å². The first-order valence-electron chi connectivity index (χ1n) is 9.63. The lowest BCUT2D eigenvalue weighted by atomic mass is 10.4. The van der Waals surface area contributed by atoms with E-state index in [0.717, 1.165) is 13.8 Å². The van der Waals surface area contributed by atoms with Crippen LogP contribution in [0, 0.1) is 0 Å². The second kappa shape index (κ2) is 13.1. The van der Waals surface area contributed by atoms with Crippen LogP contribution in [0.25, 0.3) is 0 Å². The molecule has 0 amide bonds. The summed E-state index contributed by atoms with van der Waals surface area (Å²) in [6.07, 6.45) is 0. The molecule has 0 saturated carbocycles. The highest BCUT2D eigenvalue weighted by Gasteiger charge is 2.13. The van der Waals surface area contributed by atoms with Crippen molar-refractivity contribution in [1.82, 2.24) is 19.6 Å². The Hall–Kier alpha value is -1.13. The van der Waals surface area contributed by atoms with Crippen molar-refractivity contribution in [2.75, 3.05) is 29.7 Å². The Labute approximate surface area is 210 Å². The summed E-state index contributed by atoms with van der Waals surface area (Å²) in [5.74, 6) is 1.18. The molecule has 0 aliphatic heterocycles.